The molecule has 3 N–H and O–H groups in total. The van der Waals surface area contributed by atoms with E-state index in [0.717, 1.165) is 12.1 Å². The second kappa shape index (κ2) is 8.30. The van der Waals surface area contributed by atoms with E-state index in [2.05, 4.69) is 21.0 Å². The molecule has 0 saturated carbocycles. The number of hydrogen-bond acceptors (Lipinski definition) is 4. The van der Waals surface area contributed by atoms with E-state index in [1.54, 1.807) is 29.9 Å². The molecule has 144 valence electrons. The molecule has 0 unspecified atom stereocenters. The first-order chi connectivity index (χ1) is 13.0. The van der Waals surface area contributed by atoms with Crippen LogP contribution in [-0.2, 0) is 11.8 Å². The molecular formula is C19H24FN5O2. The van der Waals surface area contributed by atoms with Crippen LogP contribution in [0.15, 0.2) is 30.6 Å². The first kappa shape index (κ1) is 19.0. The normalized spacial score (nSPS) is 19.1. The summed E-state index contributed by atoms with van der Waals surface area (Å²) >= 11 is 0. The number of benzene rings is 1. The van der Waals surface area contributed by atoms with Gasteiger partial charge in [0.25, 0.3) is 5.91 Å². The van der Waals surface area contributed by atoms with Crippen LogP contribution in [0.4, 0.5) is 4.39 Å². The molecule has 1 aromatic heterocycles. The zero-order valence-electron chi connectivity index (χ0n) is 15.5. The van der Waals surface area contributed by atoms with E-state index in [0.29, 0.717) is 18.7 Å². The molecule has 0 aliphatic carbocycles. The van der Waals surface area contributed by atoms with Crippen LogP contribution in [0.5, 0.6) is 0 Å². The average Bonchev–Trinajstić information content (AvgIpc) is 3.29. The van der Waals surface area contributed by atoms with Gasteiger partial charge in [-0.3, -0.25) is 14.3 Å². The number of aryl methyl sites for hydroxylation is 2. The Morgan fingerprint density at radius 2 is 2.07 bits per heavy atom. The van der Waals surface area contributed by atoms with Crippen molar-refractivity contribution >= 4 is 11.8 Å². The predicted octanol–water partition coefficient (Wildman–Crippen LogP) is 0.717. The van der Waals surface area contributed by atoms with E-state index in [1.165, 1.54) is 6.07 Å². The number of hydrogen-bond donors (Lipinski definition) is 3. The van der Waals surface area contributed by atoms with E-state index in [4.69, 9.17) is 0 Å². The predicted molar refractivity (Wildman–Crippen MR) is 98.8 cm³/mol. The summed E-state index contributed by atoms with van der Waals surface area (Å²) in [6.07, 6.45) is 3.72. The molecule has 0 radical (unpaired) electrons. The number of rotatable bonds is 6. The zero-order valence-corrected chi connectivity index (χ0v) is 15.5. The van der Waals surface area contributed by atoms with Crippen molar-refractivity contribution in [1.82, 2.24) is 25.7 Å². The van der Waals surface area contributed by atoms with Crippen molar-refractivity contribution in [1.29, 1.82) is 0 Å². The van der Waals surface area contributed by atoms with Crippen LogP contribution in [0.2, 0.25) is 0 Å². The minimum absolute atomic E-state index is 0.0514. The summed E-state index contributed by atoms with van der Waals surface area (Å²) < 4.78 is 15.3. The first-order valence-corrected chi connectivity index (χ1v) is 8.97. The summed E-state index contributed by atoms with van der Waals surface area (Å²) in [5, 5.41) is 13.0. The molecule has 1 aliphatic heterocycles. The lowest BCUT2D eigenvalue weighted by Crippen LogP contribution is -2.39. The number of nitrogens with zero attached hydrogens (tertiary/aromatic N) is 2. The standard InChI is InChI=1S/C19H24FN5O2/c1-12-3-4-13(7-17(12)20)18(26)22-5-6-23-19(27)16-10-21-9-15(16)14-8-24-25(2)11-14/h3-4,7-8,11,15-16,21H,5-6,9-10H2,1-2H3,(H,22,26)(H,23,27)/t15-,16+/m1/s1. The van der Waals surface area contributed by atoms with Gasteiger partial charge in [-0.1, -0.05) is 6.07 Å². The lowest BCUT2D eigenvalue weighted by atomic mass is 9.90. The molecule has 0 spiro atoms. The quantitative estimate of drug-likeness (QED) is 0.651. The maximum Gasteiger partial charge on any atom is 0.251 e. The second-order valence-electron chi connectivity index (χ2n) is 6.83. The molecular weight excluding hydrogens is 349 g/mol. The van der Waals surface area contributed by atoms with Gasteiger partial charge >= 0.3 is 0 Å². The van der Waals surface area contributed by atoms with Crippen LogP contribution < -0.4 is 16.0 Å². The molecule has 2 heterocycles. The van der Waals surface area contributed by atoms with Crippen molar-refractivity contribution in [2.24, 2.45) is 13.0 Å². The largest absolute Gasteiger partial charge is 0.354 e. The molecule has 27 heavy (non-hydrogen) atoms. The Morgan fingerprint density at radius 3 is 2.78 bits per heavy atom. The molecule has 8 heteroatoms. The van der Waals surface area contributed by atoms with Crippen molar-refractivity contribution in [2.75, 3.05) is 26.2 Å². The molecule has 0 bridgehead atoms. The lowest BCUT2D eigenvalue weighted by molar-refractivity contribution is -0.124. The Balaban J connectivity index is 1.46. The SMILES string of the molecule is Cc1ccc(C(=O)NCCNC(=O)[C@H]2CNC[C@@H]2c2cnn(C)c2)cc1F. The van der Waals surface area contributed by atoms with Crippen LogP contribution in [0.25, 0.3) is 0 Å². The minimum atomic E-state index is -0.411. The fourth-order valence-corrected chi connectivity index (χ4v) is 3.27. The fourth-order valence-electron chi connectivity index (χ4n) is 3.27. The van der Waals surface area contributed by atoms with Crippen molar-refractivity contribution in [3.05, 3.63) is 53.1 Å². The van der Waals surface area contributed by atoms with Crippen LogP contribution in [-0.4, -0.2) is 47.8 Å². The Morgan fingerprint density at radius 1 is 1.30 bits per heavy atom. The highest BCUT2D eigenvalue weighted by molar-refractivity contribution is 5.94. The van der Waals surface area contributed by atoms with E-state index in [9.17, 15) is 14.0 Å². The number of carbonyl (C=O) groups is 2. The summed E-state index contributed by atoms with van der Waals surface area (Å²) in [6.45, 7) is 3.58. The van der Waals surface area contributed by atoms with Crippen LogP contribution in [0, 0.1) is 18.7 Å². The van der Waals surface area contributed by atoms with Gasteiger partial charge in [0.15, 0.2) is 0 Å². The smallest absolute Gasteiger partial charge is 0.251 e. The maximum atomic E-state index is 13.5. The molecule has 2 amide bonds. The highest BCUT2D eigenvalue weighted by Crippen LogP contribution is 2.27. The number of amides is 2. The van der Waals surface area contributed by atoms with Gasteiger partial charge < -0.3 is 16.0 Å². The Bertz CT molecular complexity index is 835. The summed E-state index contributed by atoms with van der Waals surface area (Å²) in [7, 11) is 1.85. The van der Waals surface area contributed by atoms with Crippen molar-refractivity contribution in [3.8, 4) is 0 Å². The second-order valence-corrected chi connectivity index (χ2v) is 6.83. The van der Waals surface area contributed by atoms with E-state index < -0.39 is 5.82 Å². The van der Waals surface area contributed by atoms with Crippen LogP contribution in [0.3, 0.4) is 0 Å². The van der Waals surface area contributed by atoms with Crippen LogP contribution in [0.1, 0.15) is 27.4 Å². The topological polar surface area (TPSA) is 88.1 Å². The van der Waals surface area contributed by atoms with Gasteiger partial charge in [0, 0.05) is 50.9 Å². The summed E-state index contributed by atoms with van der Waals surface area (Å²) in [6, 6.07) is 4.36. The third kappa shape index (κ3) is 4.51. The highest BCUT2D eigenvalue weighted by Gasteiger charge is 2.34. The average molecular weight is 373 g/mol. The van der Waals surface area contributed by atoms with E-state index in [-0.39, 0.29) is 35.8 Å². The Kier molecular flexibility index (Phi) is 5.85. The molecule has 1 aliphatic rings. The number of aromatic nitrogens is 2. The monoisotopic (exact) mass is 373 g/mol. The third-order valence-corrected chi connectivity index (χ3v) is 4.85. The fraction of sp³-hybridized carbons (Fsp3) is 0.421. The zero-order chi connectivity index (χ0) is 19.4. The van der Waals surface area contributed by atoms with Gasteiger partial charge in [0.2, 0.25) is 5.91 Å². The molecule has 3 rings (SSSR count). The molecule has 2 atom stereocenters. The van der Waals surface area contributed by atoms with Gasteiger partial charge in [-0.25, -0.2) is 4.39 Å². The summed E-state index contributed by atoms with van der Waals surface area (Å²) in [5.74, 6) is -0.908. The third-order valence-electron chi connectivity index (χ3n) is 4.85. The van der Waals surface area contributed by atoms with E-state index in [1.807, 2.05) is 13.2 Å². The maximum absolute atomic E-state index is 13.5. The van der Waals surface area contributed by atoms with Crippen molar-refractivity contribution < 1.29 is 14.0 Å². The molecule has 1 saturated heterocycles. The van der Waals surface area contributed by atoms with E-state index >= 15 is 0 Å². The Hall–Kier alpha value is -2.74. The number of nitrogens with one attached hydrogen (secondary N) is 3. The van der Waals surface area contributed by atoms with Crippen molar-refractivity contribution in [3.63, 3.8) is 0 Å². The summed E-state index contributed by atoms with van der Waals surface area (Å²) in [4.78, 5) is 24.5. The van der Waals surface area contributed by atoms with Crippen LogP contribution >= 0.6 is 0 Å². The molecule has 2 aromatic rings. The molecule has 1 fully saturated rings. The number of halogens is 1. The van der Waals surface area contributed by atoms with Gasteiger partial charge in [0.1, 0.15) is 5.82 Å². The Labute approximate surface area is 157 Å². The first-order valence-electron chi connectivity index (χ1n) is 8.97. The van der Waals surface area contributed by atoms with Crippen molar-refractivity contribution in [2.45, 2.75) is 12.8 Å². The van der Waals surface area contributed by atoms with Gasteiger partial charge in [-0.05, 0) is 30.2 Å². The molecule has 7 nitrogen and oxygen atoms in total. The highest BCUT2D eigenvalue weighted by atomic mass is 19.1. The van der Waals surface area contributed by atoms with Gasteiger partial charge in [0.05, 0.1) is 12.1 Å². The number of carbonyl (C=O) groups excluding carboxylic acids is 2. The lowest BCUT2D eigenvalue weighted by Gasteiger charge is -2.17. The summed E-state index contributed by atoms with van der Waals surface area (Å²) in [5.41, 5.74) is 1.80. The van der Waals surface area contributed by atoms with Gasteiger partial charge in [-0.15, -0.1) is 0 Å². The molecule has 1 aromatic carbocycles. The van der Waals surface area contributed by atoms with Gasteiger partial charge in [-0.2, -0.15) is 5.10 Å². The minimum Gasteiger partial charge on any atom is -0.354 e.